The quantitative estimate of drug-likeness (QED) is 0.588. The molecule has 0 saturated heterocycles. The van der Waals surface area contributed by atoms with E-state index in [2.05, 4.69) is 47.9 Å². The van der Waals surface area contributed by atoms with Gasteiger partial charge in [-0.3, -0.25) is 4.90 Å². The second kappa shape index (κ2) is 8.32. The fourth-order valence-electron chi connectivity index (χ4n) is 2.07. The number of nitrogens with one attached hydrogen (secondary N) is 1. The maximum Gasteiger partial charge on any atom is 0.219 e. The highest BCUT2D eigenvalue weighted by Crippen LogP contribution is 2.18. The molecule has 1 N–H and O–H groups in total. The molecule has 1 rings (SSSR count). The van der Waals surface area contributed by atoms with Crippen molar-refractivity contribution in [1.82, 2.24) is 14.9 Å². The summed E-state index contributed by atoms with van der Waals surface area (Å²) in [6, 6.07) is 2.85. The van der Waals surface area contributed by atoms with Crippen LogP contribution in [0.25, 0.3) is 0 Å². The van der Waals surface area contributed by atoms with E-state index in [1.807, 2.05) is 19.4 Å². The number of anilines is 1. The molecule has 6 heteroatoms. The number of rotatable bonds is 8. The minimum Gasteiger partial charge on any atom is -0.476 e. The lowest BCUT2D eigenvalue weighted by atomic mass is 10.2. The molecule has 1 aromatic rings. The first-order chi connectivity index (χ1) is 9.47. The van der Waals surface area contributed by atoms with Crippen molar-refractivity contribution in [3.8, 4) is 5.88 Å². The summed E-state index contributed by atoms with van der Waals surface area (Å²) in [4.78, 5) is 11.1. The molecular weight excluding hydrogens is 272 g/mol. The minimum atomic E-state index is 0.513. The van der Waals surface area contributed by atoms with Crippen molar-refractivity contribution >= 4 is 17.6 Å². The number of thioether (sulfide) groups is 1. The Bertz CT molecular complexity index is 382. The fraction of sp³-hybridized carbons (Fsp3) is 0.714. The molecule has 5 nitrogen and oxygen atoms in total. The van der Waals surface area contributed by atoms with Crippen LogP contribution in [-0.4, -0.2) is 53.4 Å². The molecule has 0 bridgehead atoms. The number of hydrogen-bond donors (Lipinski definition) is 1. The largest absolute Gasteiger partial charge is 0.476 e. The molecule has 0 atom stereocenters. The van der Waals surface area contributed by atoms with Gasteiger partial charge < -0.3 is 10.1 Å². The maximum absolute atomic E-state index is 5.78. The van der Waals surface area contributed by atoms with Gasteiger partial charge in [0, 0.05) is 31.7 Å². The van der Waals surface area contributed by atoms with Crippen molar-refractivity contribution in [1.29, 1.82) is 0 Å². The monoisotopic (exact) mass is 298 g/mol. The first-order valence-electron chi connectivity index (χ1n) is 6.97. The number of hydrogen-bond acceptors (Lipinski definition) is 6. The topological polar surface area (TPSA) is 50.3 Å². The van der Waals surface area contributed by atoms with E-state index in [4.69, 9.17) is 4.74 Å². The molecule has 0 aliphatic carbocycles. The molecule has 0 saturated carbocycles. The highest BCUT2D eigenvalue weighted by atomic mass is 32.2. The molecular formula is C14H26N4OS. The number of aromatic nitrogens is 2. The van der Waals surface area contributed by atoms with Crippen molar-refractivity contribution < 1.29 is 4.74 Å². The minimum absolute atomic E-state index is 0.513. The maximum atomic E-state index is 5.78. The van der Waals surface area contributed by atoms with Crippen LogP contribution in [0.15, 0.2) is 11.2 Å². The van der Waals surface area contributed by atoms with Gasteiger partial charge in [-0.15, -0.1) is 0 Å². The van der Waals surface area contributed by atoms with Crippen molar-refractivity contribution in [3.05, 3.63) is 6.07 Å². The average molecular weight is 298 g/mol. The van der Waals surface area contributed by atoms with Crippen LogP contribution in [0.4, 0.5) is 5.82 Å². The van der Waals surface area contributed by atoms with E-state index < -0.39 is 0 Å². The van der Waals surface area contributed by atoms with Crippen LogP contribution in [0.1, 0.15) is 27.7 Å². The molecule has 0 amide bonds. The summed E-state index contributed by atoms with van der Waals surface area (Å²) in [6.45, 7) is 10.3. The second-order valence-electron chi connectivity index (χ2n) is 5.10. The summed E-state index contributed by atoms with van der Waals surface area (Å²) in [5.41, 5.74) is 0. The lowest BCUT2D eigenvalue weighted by Crippen LogP contribution is -2.39. The summed E-state index contributed by atoms with van der Waals surface area (Å²) >= 11 is 1.51. The SMILES string of the molecule is CNc1cc(OCCN(C(C)C)C(C)C)nc(SC)n1. The Labute approximate surface area is 126 Å². The Balaban J connectivity index is 2.61. The Morgan fingerprint density at radius 1 is 1.25 bits per heavy atom. The highest BCUT2D eigenvalue weighted by molar-refractivity contribution is 7.98. The third-order valence-electron chi connectivity index (χ3n) is 3.05. The van der Waals surface area contributed by atoms with Gasteiger partial charge in [-0.2, -0.15) is 4.98 Å². The van der Waals surface area contributed by atoms with Crippen LogP contribution in [0, 0.1) is 0 Å². The first kappa shape index (κ1) is 17.0. The molecule has 0 aromatic carbocycles. The van der Waals surface area contributed by atoms with Crippen LogP contribution in [0.3, 0.4) is 0 Å². The smallest absolute Gasteiger partial charge is 0.219 e. The van der Waals surface area contributed by atoms with Gasteiger partial charge >= 0.3 is 0 Å². The second-order valence-corrected chi connectivity index (χ2v) is 5.88. The van der Waals surface area contributed by atoms with Crippen LogP contribution in [0.2, 0.25) is 0 Å². The van der Waals surface area contributed by atoms with Crippen molar-refractivity contribution in [3.63, 3.8) is 0 Å². The van der Waals surface area contributed by atoms with Crippen LogP contribution in [0.5, 0.6) is 5.88 Å². The molecule has 1 heterocycles. The summed E-state index contributed by atoms with van der Waals surface area (Å²) < 4.78 is 5.78. The predicted octanol–water partition coefficient (Wildman–Crippen LogP) is 2.74. The molecule has 0 aliphatic rings. The fourth-order valence-corrected chi connectivity index (χ4v) is 2.44. The van der Waals surface area contributed by atoms with E-state index in [-0.39, 0.29) is 0 Å². The lowest BCUT2D eigenvalue weighted by molar-refractivity contribution is 0.140. The third-order valence-corrected chi connectivity index (χ3v) is 3.59. The van der Waals surface area contributed by atoms with Crippen LogP contribution in [-0.2, 0) is 0 Å². The van der Waals surface area contributed by atoms with Gasteiger partial charge in [-0.05, 0) is 34.0 Å². The van der Waals surface area contributed by atoms with Gasteiger partial charge in [0.2, 0.25) is 5.88 Å². The zero-order chi connectivity index (χ0) is 15.1. The van der Waals surface area contributed by atoms with E-state index in [0.29, 0.717) is 24.6 Å². The first-order valence-corrected chi connectivity index (χ1v) is 8.19. The van der Waals surface area contributed by atoms with Gasteiger partial charge in [0.05, 0.1) is 0 Å². The normalized spacial score (nSPS) is 11.4. The average Bonchev–Trinajstić information content (AvgIpc) is 2.42. The highest BCUT2D eigenvalue weighted by Gasteiger charge is 2.13. The molecule has 20 heavy (non-hydrogen) atoms. The van der Waals surface area contributed by atoms with Crippen molar-refractivity contribution in [2.24, 2.45) is 0 Å². The van der Waals surface area contributed by atoms with E-state index in [1.54, 1.807) is 0 Å². The summed E-state index contributed by atoms with van der Waals surface area (Å²) in [5.74, 6) is 1.41. The van der Waals surface area contributed by atoms with Gasteiger partial charge in [0.15, 0.2) is 5.16 Å². The van der Waals surface area contributed by atoms with E-state index in [1.165, 1.54) is 11.8 Å². The molecule has 0 spiro atoms. The Hall–Kier alpha value is -1.01. The van der Waals surface area contributed by atoms with E-state index >= 15 is 0 Å². The van der Waals surface area contributed by atoms with Crippen molar-refractivity contribution in [2.75, 3.05) is 31.8 Å². The van der Waals surface area contributed by atoms with Gasteiger partial charge in [0.25, 0.3) is 0 Å². The lowest BCUT2D eigenvalue weighted by Gasteiger charge is -2.30. The number of ether oxygens (including phenoxy) is 1. The third kappa shape index (κ3) is 5.17. The Morgan fingerprint density at radius 3 is 2.40 bits per heavy atom. The summed E-state index contributed by atoms with van der Waals surface area (Å²) in [7, 11) is 1.84. The summed E-state index contributed by atoms with van der Waals surface area (Å²) in [5, 5.41) is 3.74. The number of nitrogens with zero attached hydrogens (tertiary/aromatic N) is 3. The summed E-state index contributed by atoms with van der Waals surface area (Å²) in [6.07, 6.45) is 1.96. The zero-order valence-electron chi connectivity index (χ0n) is 13.3. The molecule has 114 valence electrons. The molecule has 0 unspecified atom stereocenters. The molecule has 0 radical (unpaired) electrons. The Morgan fingerprint density at radius 2 is 1.90 bits per heavy atom. The molecule has 0 fully saturated rings. The van der Waals surface area contributed by atoms with Crippen LogP contribution < -0.4 is 10.1 Å². The van der Waals surface area contributed by atoms with Crippen molar-refractivity contribution in [2.45, 2.75) is 44.9 Å². The molecule has 0 aliphatic heterocycles. The van der Waals surface area contributed by atoms with Gasteiger partial charge in [-0.25, -0.2) is 4.98 Å². The Kier molecular flexibility index (Phi) is 7.09. The van der Waals surface area contributed by atoms with E-state index in [0.717, 1.165) is 17.5 Å². The standard InChI is InChI=1S/C14H26N4OS/c1-10(2)18(11(3)4)7-8-19-13-9-12(15-5)16-14(17-13)20-6/h9-11H,7-8H2,1-6H3,(H,15,16,17). The van der Waals surface area contributed by atoms with Gasteiger partial charge in [0.1, 0.15) is 12.4 Å². The van der Waals surface area contributed by atoms with Crippen LogP contribution >= 0.6 is 11.8 Å². The van der Waals surface area contributed by atoms with Gasteiger partial charge in [-0.1, -0.05) is 11.8 Å². The molecule has 1 aromatic heterocycles. The predicted molar refractivity (Wildman–Crippen MR) is 85.8 cm³/mol. The van der Waals surface area contributed by atoms with E-state index in [9.17, 15) is 0 Å². The zero-order valence-corrected chi connectivity index (χ0v) is 14.1.